The fraction of sp³-hybridized carbons (Fsp3) is 0.381. The molecule has 0 aliphatic heterocycles. The minimum Gasteiger partial charge on any atom is -0.492 e. The van der Waals surface area contributed by atoms with Gasteiger partial charge in [-0.15, -0.1) is 0 Å². The fourth-order valence-electron chi connectivity index (χ4n) is 2.35. The van der Waals surface area contributed by atoms with Crippen LogP contribution in [0.4, 0.5) is 10.5 Å². The molecule has 0 aliphatic rings. The van der Waals surface area contributed by atoms with Gasteiger partial charge in [0.1, 0.15) is 18.1 Å². The molecule has 2 aromatic carbocycles. The molecule has 0 spiro atoms. The fourth-order valence-corrected chi connectivity index (χ4v) is 2.35. The van der Waals surface area contributed by atoms with E-state index in [2.05, 4.69) is 36.6 Å². The average Bonchev–Trinajstić information content (AvgIpc) is 2.60. The van der Waals surface area contributed by atoms with E-state index in [9.17, 15) is 4.79 Å². The number of carbonyl (C=O) groups excluding carboxylic acids is 1. The van der Waals surface area contributed by atoms with Crippen molar-refractivity contribution < 1.29 is 14.3 Å². The summed E-state index contributed by atoms with van der Waals surface area (Å²) in [5.74, 6) is 2.08. The predicted octanol–water partition coefficient (Wildman–Crippen LogP) is 4.80. The van der Waals surface area contributed by atoms with E-state index in [0.717, 1.165) is 11.5 Å². The molecular formula is C21H28N2O3. The molecule has 0 radical (unpaired) electrons. The molecule has 2 aromatic rings. The average molecular weight is 356 g/mol. The van der Waals surface area contributed by atoms with Crippen LogP contribution in [0.3, 0.4) is 0 Å². The Hall–Kier alpha value is -2.69. The lowest BCUT2D eigenvalue weighted by atomic mass is 10.0. The minimum atomic E-state index is -0.263. The van der Waals surface area contributed by atoms with Gasteiger partial charge in [0.15, 0.2) is 0 Å². The van der Waals surface area contributed by atoms with E-state index in [4.69, 9.17) is 9.47 Å². The largest absolute Gasteiger partial charge is 0.492 e. The van der Waals surface area contributed by atoms with Crippen LogP contribution < -0.4 is 20.1 Å². The molecule has 0 saturated heterocycles. The lowest BCUT2D eigenvalue weighted by Gasteiger charge is -2.12. The van der Waals surface area contributed by atoms with Crippen LogP contribution in [0.1, 0.15) is 39.2 Å². The molecule has 5 heteroatoms. The number of ether oxygens (including phenoxy) is 2. The standard InChI is InChI=1S/C21H28N2O3/c1-15(2)17-5-9-19(10-6-17)25-14-13-22-21(24)23-18-7-11-20(12-8-18)26-16(3)4/h5-12,15-16H,13-14H2,1-4H3,(H2,22,23,24). The number of urea groups is 1. The first-order chi connectivity index (χ1) is 12.4. The SMILES string of the molecule is CC(C)Oc1ccc(NC(=O)NCCOc2ccc(C(C)C)cc2)cc1. The van der Waals surface area contributed by atoms with Gasteiger partial charge in [0, 0.05) is 5.69 Å². The highest BCUT2D eigenvalue weighted by Crippen LogP contribution is 2.18. The van der Waals surface area contributed by atoms with Gasteiger partial charge in [-0.3, -0.25) is 0 Å². The second-order valence-corrected chi connectivity index (χ2v) is 6.64. The zero-order valence-corrected chi connectivity index (χ0v) is 15.9. The summed E-state index contributed by atoms with van der Waals surface area (Å²) in [5.41, 5.74) is 1.99. The maximum absolute atomic E-state index is 11.9. The summed E-state index contributed by atoms with van der Waals surface area (Å²) < 4.78 is 11.2. The molecule has 0 saturated carbocycles. The van der Waals surface area contributed by atoms with Gasteiger partial charge < -0.3 is 20.1 Å². The van der Waals surface area contributed by atoms with Gasteiger partial charge in [-0.05, 0) is 61.7 Å². The smallest absolute Gasteiger partial charge is 0.319 e. The summed E-state index contributed by atoms with van der Waals surface area (Å²) in [6, 6.07) is 15.1. The summed E-state index contributed by atoms with van der Waals surface area (Å²) >= 11 is 0. The van der Waals surface area contributed by atoms with Gasteiger partial charge in [0.05, 0.1) is 12.6 Å². The van der Waals surface area contributed by atoms with Gasteiger partial charge in [-0.1, -0.05) is 26.0 Å². The van der Waals surface area contributed by atoms with Gasteiger partial charge >= 0.3 is 6.03 Å². The third-order valence-corrected chi connectivity index (χ3v) is 3.69. The Morgan fingerprint density at radius 3 is 2.12 bits per heavy atom. The number of hydrogen-bond acceptors (Lipinski definition) is 3. The molecule has 2 amide bonds. The van der Waals surface area contributed by atoms with Crippen molar-refractivity contribution in [3.05, 3.63) is 54.1 Å². The molecule has 26 heavy (non-hydrogen) atoms. The van der Waals surface area contributed by atoms with Crippen molar-refractivity contribution in [3.8, 4) is 11.5 Å². The monoisotopic (exact) mass is 356 g/mol. The van der Waals surface area contributed by atoms with Crippen molar-refractivity contribution in [3.63, 3.8) is 0 Å². The number of carbonyl (C=O) groups is 1. The first-order valence-electron chi connectivity index (χ1n) is 8.98. The third kappa shape index (κ3) is 6.67. The van der Waals surface area contributed by atoms with Crippen LogP contribution in [0.2, 0.25) is 0 Å². The molecule has 0 bridgehead atoms. The van der Waals surface area contributed by atoms with E-state index in [0.29, 0.717) is 24.8 Å². The topological polar surface area (TPSA) is 59.6 Å². The lowest BCUT2D eigenvalue weighted by Crippen LogP contribution is -2.32. The van der Waals surface area contributed by atoms with Crippen LogP contribution in [0.15, 0.2) is 48.5 Å². The zero-order valence-electron chi connectivity index (χ0n) is 15.9. The number of hydrogen-bond donors (Lipinski definition) is 2. The van der Waals surface area contributed by atoms with E-state index >= 15 is 0 Å². The molecule has 0 unspecified atom stereocenters. The first-order valence-corrected chi connectivity index (χ1v) is 8.98. The second-order valence-electron chi connectivity index (χ2n) is 6.64. The predicted molar refractivity (Wildman–Crippen MR) is 105 cm³/mol. The minimum absolute atomic E-state index is 0.124. The Kier molecular flexibility index (Phi) is 7.33. The quantitative estimate of drug-likeness (QED) is 0.668. The van der Waals surface area contributed by atoms with Gasteiger partial charge in [-0.25, -0.2) is 4.79 Å². The Bertz CT molecular complexity index is 679. The molecule has 2 rings (SSSR count). The molecular weight excluding hydrogens is 328 g/mol. The Labute approximate surface area is 155 Å². The highest BCUT2D eigenvalue weighted by atomic mass is 16.5. The van der Waals surface area contributed by atoms with Gasteiger partial charge in [0.25, 0.3) is 0 Å². The number of rotatable bonds is 8. The highest BCUT2D eigenvalue weighted by molar-refractivity contribution is 5.89. The van der Waals surface area contributed by atoms with E-state index in [1.165, 1.54) is 5.56 Å². The van der Waals surface area contributed by atoms with E-state index in [-0.39, 0.29) is 12.1 Å². The molecule has 0 heterocycles. The van der Waals surface area contributed by atoms with Gasteiger partial charge in [0.2, 0.25) is 0 Å². The normalized spacial score (nSPS) is 10.7. The lowest BCUT2D eigenvalue weighted by molar-refractivity contribution is 0.242. The van der Waals surface area contributed by atoms with Crippen molar-refractivity contribution >= 4 is 11.7 Å². The Balaban J connectivity index is 1.68. The number of amides is 2. The van der Waals surface area contributed by atoms with E-state index in [1.807, 2.05) is 50.2 Å². The second kappa shape index (κ2) is 9.70. The number of nitrogens with one attached hydrogen (secondary N) is 2. The maximum Gasteiger partial charge on any atom is 0.319 e. The van der Waals surface area contributed by atoms with Crippen LogP contribution in [0, 0.1) is 0 Å². The summed E-state index contributed by atoms with van der Waals surface area (Å²) in [6.07, 6.45) is 0.124. The molecule has 0 aliphatic carbocycles. The van der Waals surface area contributed by atoms with Crippen molar-refractivity contribution in [2.45, 2.75) is 39.7 Å². The third-order valence-electron chi connectivity index (χ3n) is 3.69. The van der Waals surface area contributed by atoms with Crippen LogP contribution >= 0.6 is 0 Å². The van der Waals surface area contributed by atoms with E-state index in [1.54, 1.807) is 0 Å². The molecule has 2 N–H and O–H groups in total. The zero-order chi connectivity index (χ0) is 18.9. The summed E-state index contributed by atoms with van der Waals surface area (Å²) in [7, 11) is 0. The Morgan fingerprint density at radius 1 is 0.923 bits per heavy atom. The van der Waals surface area contributed by atoms with Crippen molar-refractivity contribution in [2.75, 3.05) is 18.5 Å². The summed E-state index contributed by atoms with van der Waals surface area (Å²) in [6.45, 7) is 9.09. The number of anilines is 1. The first kappa shape index (κ1) is 19.6. The van der Waals surface area contributed by atoms with Crippen LogP contribution in [-0.2, 0) is 0 Å². The highest BCUT2D eigenvalue weighted by Gasteiger charge is 2.03. The summed E-state index contributed by atoms with van der Waals surface area (Å²) in [5, 5.41) is 5.55. The van der Waals surface area contributed by atoms with Crippen LogP contribution in [-0.4, -0.2) is 25.3 Å². The summed E-state index contributed by atoms with van der Waals surface area (Å²) in [4.78, 5) is 11.9. The number of benzene rings is 2. The van der Waals surface area contributed by atoms with Crippen molar-refractivity contribution in [1.29, 1.82) is 0 Å². The van der Waals surface area contributed by atoms with E-state index < -0.39 is 0 Å². The molecule has 0 fully saturated rings. The maximum atomic E-state index is 11.9. The molecule has 0 atom stereocenters. The van der Waals surface area contributed by atoms with Crippen molar-refractivity contribution in [2.24, 2.45) is 0 Å². The van der Waals surface area contributed by atoms with Gasteiger partial charge in [-0.2, -0.15) is 0 Å². The Morgan fingerprint density at radius 2 is 1.54 bits per heavy atom. The van der Waals surface area contributed by atoms with Crippen molar-refractivity contribution in [1.82, 2.24) is 5.32 Å². The van der Waals surface area contributed by atoms with Crippen LogP contribution in [0.25, 0.3) is 0 Å². The molecule has 0 aromatic heterocycles. The molecule has 140 valence electrons. The van der Waals surface area contributed by atoms with Crippen LogP contribution in [0.5, 0.6) is 11.5 Å². The molecule has 5 nitrogen and oxygen atoms in total.